The van der Waals surface area contributed by atoms with Crippen LogP contribution in [0.15, 0.2) is 47.6 Å². The van der Waals surface area contributed by atoms with E-state index in [0.29, 0.717) is 29.2 Å². The number of oxime groups is 1. The van der Waals surface area contributed by atoms with Gasteiger partial charge < -0.3 is 33.3 Å². The molecule has 5 atom stereocenters. The fourth-order valence-corrected chi connectivity index (χ4v) is 5.63. The van der Waals surface area contributed by atoms with Crippen molar-refractivity contribution in [2.24, 2.45) is 5.16 Å². The largest absolute Gasteiger partial charge is 0.463 e. The maximum atomic E-state index is 12.4. The second-order valence-corrected chi connectivity index (χ2v) is 11.2. The number of carbonyl (C=O) groups excluding carboxylic acids is 4. The highest BCUT2D eigenvalue weighted by Gasteiger charge is 2.72. The molecule has 2 aromatic rings. The predicted molar refractivity (Wildman–Crippen MR) is 159 cm³/mol. The highest BCUT2D eigenvalue weighted by atomic mass is 35.5. The number of esters is 4. The van der Waals surface area contributed by atoms with Gasteiger partial charge in [0.25, 0.3) is 0 Å². The summed E-state index contributed by atoms with van der Waals surface area (Å²) in [5.74, 6) is -4.70. The topological polar surface area (TPSA) is 145 Å². The molecule has 4 rings (SSSR count). The van der Waals surface area contributed by atoms with Crippen molar-refractivity contribution in [2.75, 3.05) is 19.8 Å². The summed E-state index contributed by atoms with van der Waals surface area (Å²) < 4.78 is 35.1. The van der Waals surface area contributed by atoms with E-state index in [2.05, 4.69) is 5.16 Å². The van der Waals surface area contributed by atoms with Gasteiger partial charge in [0.05, 0.1) is 12.3 Å². The number of hydrogen-bond acceptors (Lipinski definition) is 12. The molecule has 2 heterocycles. The van der Waals surface area contributed by atoms with Gasteiger partial charge in [0, 0.05) is 38.3 Å². The molecule has 2 aromatic carbocycles. The second-order valence-electron chi connectivity index (χ2n) is 10.8. The van der Waals surface area contributed by atoms with E-state index in [1.54, 1.807) is 18.2 Å². The summed E-state index contributed by atoms with van der Waals surface area (Å²) in [7, 11) is 0. The van der Waals surface area contributed by atoms with E-state index >= 15 is 0 Å². The number of rotatable bonds is 11. The van der Waals surface area contributed by atoms with Crippen molar-refractivity contribution in [1.82, 2.24) is 0 Å². The van der Waals surface area contributed by atoms with Gasteiger partial charge in [0.15, 0.2) is 17.8 Å². The van der Waals surface area contributed by atoms with Crippen LogP contribution < -0.4 is 0 Å². The third-order valence-corrected chi connectivity index (χ3v) is 7.70. The molecule has 0 saturated carbocycles. The minimum Gasteiger partial charge on any atom is -0.463 e. The molecular weight excluding hydrogens is 610 g/mol. The zero-order chi connectivity index (χ0) is 32.9. The average molecular weight is 646 g/mol. The molecule has 0 aliphatic carbocycles. The zero-order valence-corrected chi connectivity index (χ0v) is 26.7. The molecule has 2 bridgehead atoms. The molecule has 0 spiro atoms. The maximum Gasteiger partial charge on any atom is 0.303 e. The van der Waals surface area contributed by atoms with Crippen molar-refractivity contribution >= 4 is 41.2 Å². The van der Waals surface area contributed by atoms with Crippen molar-refractivity contribution in [2.45, 2.75) is 77.7 Å². The lowest BCUT2D eigenvalue weighted by molar-refractivity contribution is -0.334. The van der Waals surface area contributed by atoms with Crippen molar-refractivity contribution in [3.63, 3.8) is 0 Å². The van der Waals surface area contributed by atoms with E-state index in [0.717, 1.165) is 30.7 Å². The number of carbonyl (C=O) groups is 4. The molecule has 13 heteroatoms. The smallest absolute Gasteiger partial charge is 0.303 e. The lowest BCUT2D eigenvalue weighted by Crippen LogP contribution is -2.68. The van der Waals surface area contributed by atoms with Crippen LogP contribution in [0.2, 0.25) is 5.02 Å². The SMILES string of the molecule is CCO/N=C(/C)c1ccc(Cc2cc([C@]34OC[C@](COC(C)=O)(O3)[C@@H](OC(C)=O)[C@H](OC(C)=O)[C@H]4OC(C)=O)ccc2Cl)cc1. The number of hydrogen-bond donors (Lipinski definition) is 0. The zero-order valence-electron chi connectivity index (χ0n) is 25.9. The fraction of sp³-hybridized carbons (Fsp3) is 0.469. The summed E-state index contributed by atoms with van der Waals surface area (Å²) in [4.78, 5) is 54.0. The molecule has 45 heavy (non-hydrogen) atoms. The van der Waals surface area contributed by atoms with Gasteiger partial charge in [-0.1, -0.05) is 47.1 Å². The van der Waals surface area contributed by atoms with Gasteiger partial charge in [-0.15, -0.1) is 0 Å². The first-order valence-electron chi connectivity index (χ1n) is 14.3. The van der Waals surface area contributed by atoms with Crippen LogP contribution in [0.5, 0.6) is 0 Å². The van der Waals surface area contributed by atoms with Crippen molar-refractivity contribution in [3.05, 3.63) is 69.7 Å². The van der Waals surface area contributed by atoms with Crippen LogP contribution in [0.1, 0.15) is 63.8 Å². The third-order valence-electron chi connectivity index (χ3n) is 7.33. The first-order valence-corrected chi connectivity index (χ1v) is 14.7. The van der Waals surface area contributed by atoms with Crippen LogP contribution in [0, 0.1) is 0 Å². The van der Waals surface area contributed by atoms with Crippen molar-refractivity contribution in [1.29, 1.82) is 0 Å². The molecule has 2 saturated heterocycles. The summed E-state index contributed by atoms with van der Waals surface area (Å²) in [5.41, 5.74) is 2.02. The summed E-state index contributed by atoms with van der Waals surface area (Å²) in [6.45, 7) is 8.20. The van der Waals surface area contributed by atoms with E-state index in [-0.39, 0.29) is 6.61 Å². The first kappa shape index (κ1) is 33.9. The molecule has 0 unspecified atom stereocenters. The van der Waals surface area contributed by atoms with Crippen LogP contribution >= 0.6 is 11.6 Å². The van der Waals surface area contributed by atoms with Gasteiger partial charge in [-0.25, -0.2) is 0 Å². The summed E-state index contributed by atoms with van der Waals surface area (Å²) >= 11 is 6.65. The third kappa shape index (κ3) is 7.46. The number of ether oxygens (including phenoxy) is 6. The monoisotopic (exact) mass is 645 g/mol. The predicted octanol–water partition coefficient (Wildman–Crippen LogP) is 4.00. The fourth-order valence-electron chi connectivity index (χ4n) is 5.45. The molecule has 0 aromatic heterocycles. The highest BCUT2D eigenvalue weighted by Crippen LogP contribution is 2.53. The summed E-state index contributed by atoms with van der Waals surface area (Å²) in [6.07, 6.45) is -3.78. The first-order chi connectivity index (χ1) is 21.3. The van der Waals surface area contributed by atoms with Crippen LogP contribution in [0.25, 0.3) is 0 Å². The number of halogens is 1. The van der Waals surface area contributed by atoms with Crippen molar-refractivity contribution in [3.8, 4) is 0 Å². The lowest BCUT2D eigenvalue weighted by Gasteiger charge is -2.49. The Morgan fingerprint density at radius 2 is 1.53 bits per heavy atom. The van der Waals surface area contributed by atoms with Gasteiger partial charge in [-0.3, -0.25) is 19.2 Å². The normalized spacial score (nSPS) is 25.7. The van der Waals surface area contributed by atoms with Crippen LogP contribution in [0.4, 0.5) is 0 Å². The van der Waals surface area contributed by atoms with E-state index in [9.17, 15) is 19.2 Å². The molecule has 242 valence electrons. The average Bonchev–Trinajstić information content (AvgIpc) is 3.34. The Bertz CT molecular complexity index is 1480. The van der Waals surface area contributed by atoms with E-state index in [1.165, 1.54) is 13.8 Å². The van der Waals surface area contributed by atoms with Crippen molar-refractivity contribution < 1.29 is 52.4 Å². The van der Waals surface area contributed by atoms with E-state index in [4.69, 9.17) is 44.9 Å². The van der Waals surface area contributed by atoms with Gasteiger partial charge in [-0.2, -0.15) is 0 Å². The van der Waals surface area contributed by atoms with Crippen LogP contribution in [-0.4, -0.2) is 73.3 Å². The number of benzene rings is 2. The van der Waals surface area contributed by atoms with E-state index < -0.39 is 60.2 Å². The lowest BCUT2D eigenvalue weighted by atomic mass is 9.83. The second kappa shape index (κ2) is 14.0. The Morgan fingerprint density at radius 3 is 2.13 bits per heavy atom. The van der Waals surface area contributed by atoms with E-state index in [1.807, 2.05) is 38.1 Å². The van der Waals surface area contributed by atoms with Gasteiger partial charge >= 0.3 is 23.9 Å². The summed E-state index contributed by atoms with van der Waals surface area (Å²) in [5, 5.41) is 4.52. The molecular formula is C32H36ClNO11. The Balaban J connectivity index is 1.79. The molecule has 2 aliphatic heterocycles. The minimum atomic E-state index is -1.86. The highest BCUT2D eigenvalue weighted by molar-refractivity contribution is 6.31. The molecule has 2 fully saturated rings. The quantitative estimate of drug-likeness (QED) is 0.151. The Hall–Kier alpha value is -4.00. The van der Waals surface area contributed by atoms with Gasteiger partial charge in [0.2, 0.25) is 11.9 Å². The standard InChI is InChI=1S/C32H36ClNO11/c1-7-41-34-18(2)24-10-8-23(9-11-24)14-25-15-26(12-13-27(25)33)32-30(44-22(6)38)28(42-20(4)36)29(43-21(5)37)31(45-32,17-40-32)16-39-19(3)35/h8-13,15,28-30H,7,14,16-17H2,1-6H3/b34-18-/t28-,29-,30+,31-,32-/m0/s1. The van der Waals surface area contributed by atoms with Gasteiger partial charge in [-0.05, 0) is 49.1 Å². The molecule has 0 N–H and O–H groups in total. The number of nitrogens with zero attached hydrogens (tertiary/aromatic N) is 1. The van der Waals surface area contributed by atoms with Crippen LogP contribution in [-0.2, 0) is 64.6 Å². The van der Waals surface area contributed by atoms with Gasteiger partial charge in [0.1, 0.15) is 13.2 Å². The molecule has 0 radical (unpaired) electrons. The Morgan fingerprint density at radius 1 is 0.889 bits per heavy atom. The molecule has 2 aliphatic rings. The maximum absolute atomic E-state index is 12.4. The molecule has 0 amide bonds. The molecule has 12 nitrogen and oxygen atoms in total. The summed E-state index contributed by atoms with van der Waals surface area (Å²) in [6, 6.07) is 12.8. The van der Waals surface area contributed by atoms with Crippen LogP contribution in [0.3, 0.4) is 0 Å². The Kier molecular flexibility index (Phi) is 10.5. The Labute approximate surface area is 265 Å². The number of fused-ring (bicyclic) bond motifs is 2. The minimum absolute atomic E-state index is 0.268.